The van der Waals surface area contributed by atoms with Gasteiger partial charge in [0, 0.05) is 29.3 Å². The van der Waals surface area contributed by atoms with Gasteiger partial charge in [0.05, 0.1) is 29.6 Å². The molecule has 37 heavy (non-hydrogen) atoms. The van der Waals surface area contributed by atoms with E-state index >= 15 is 0 Å². The molecule has 192 valence electrons. The van der Waals surface area contributed by atoms with Crippen LogP contribution in [-0.2, 0) is 23.0 Å². The number of hydrogen-bond acceptors (Lipinski definition) is 4. The van der Waals surface area contributed by atoms with Crippen LogP contribution >= 0.6 is 0 Å². The summed E-state index contributed by atoms with van der Waals surface area (Å²) in [4.78, 5) is 4.73. The van der Waals surface area contributed by atoms with Crippen molar-refractivity contribution >= 4 is 10.9 Å². The summed E-state index contributed by atoms with van der Waals surface area (Å²) in [5.74, 6) is 0.0812. The quantitative estimate of drug-likeness (QED) is 0.356. The second kappa shape index (κ2) is 9.66. The lowest BCUT2D eigenvalue weighted by Gasteiger charge is -2.50. The van der Waals surface area contributed by atoms with Gasteiger partial charge in [-0.15, -0.1) is 0 Å². The first-order valence-electron chi connectivity index (χ1n) is 13.5. The van der Waals surface area contributed by atoms with Crippen molar-refractivity contribution in [3.8, 4) is 5.69 Å². The predicted molar refractivity (Wildman–Crippen MR) is 142 cm³/mol. The van der Waals surface area contributed by atoms with Crippen LogP contribution in [0.5, 0.6) is 0 Å². The summed E-state index contributed by atoms with van der Waals surface area (Å²) < 4.78 is 21.2. The third kappa shape index (κ3) is 4.47. The maximum Gasteiger partial charge on any atom is 0.123 e. The van der Waals surface area contributed by atoms with E-state index in [2.05, 4.69) is 29.4 Å². The first-order valence-corrected chi connectivity index (χ1v) is 13.5. The van der Waals surface area contributed by atoms with Gasteiger partial charge >= 0.3 is 0 Å². The standard InChI is InChI=1S/C31H34FN3O2/c1-2-37-21-30(36)13-14-31(19-26-8-3-4-15-33-26)24(18-30)7-5-6-22-17-29-23(16-28(22)31)20-34-35(29)27-11-9-25(32)10-12-27/h3-4,8-12,15-17,20,24,36H,2,5-7,13-14,18-19,21H2,1H3/t24-,30+,31-/m0/s1. The molecule has 2 aromatic heterocycles. The maximum absolute atomic E-state index is 13.6. The van der Waals surface area contributed by atoms with Crippen molar-refractivity contribution in [2.24, 2.45) is 5.92 Å². The van der Waals surface area contributed by atoms with Crippen molar-refractivity contribution in [2.45, 2.75) is 62.9 Å². The minimum absolute atomic E-state index is 0.106. The summed E-state index contributed by atoms with van der Waals surface area (Å²) in [5.41, 5.74) is 4.83. The lowest BCUT2D eigenvalue weighted by molar-refractivity contribution is -0.0971. The highest BCUT2D eigenvalue weighted by Crippen LogP contribution is 2.54. The van der Waals surface area contributed by atoms with Crippen LogP contribution in [0.1, 0.15) is 55.8 Å². The fourth-order valence-corrected chi connectivity index (χ4v) is 6.84. The molecule has 6 heteroatoms. The summed E-state index contributed by atoms with van der Waals surface area (Å²) in [6.45, 7) is 3.00. The third-order valence-electron chi connectivity index (χ3n) is 8.64. The molecule has 0 bridgehead atoms. The van der Waals surface area contributed by atoms with Gasteiger partial charge in [-0.1, -0.05) is 6.07 Å². The summed E-state index contributed by atoms with van der Waals surface area (Å²) >= 11 is 0. The first-order chi connectivity index (χ1) is 18.0. The third-order valence-corrected chi connectivity index (χ3v) is 8.64. The number of halogens is 1. The minimum Gasteiger partial charge on any atom is -0.387 e. The molecule has 0 aliphatic heterocycles. The number of hydrogen-bond donors (Lipinski definition) is 1. The Morgan fingerprint density at radius 3 is 2.78 bits per heavy atom. The van der Waals surface area contributed by atoms with Crippen LogP contribution in [0.4, 0.5) is 4.39 Å². The van der Waals surface area contributed by atoms with Crippen molar-refractivity contribution in [1.29, 1.82) is 0 Å². The van der Waals surface area contributed by atoms with Crippen LogP contribution in [0.15, 0.2) is 67.0 Å². The van der Waals surface area contributed by atoms with E-state index in [0.29, 0.717) is 25.6 Å². The Hall–Kier alpha value is -3.09. The number of pyridine rings is 1. The van der Waals surface area contributed by atoms with Crippen LogP contribution in [0.3, 0.4) is 0 Å². The zero-order valence-electron chi connectivity index (χ0n) is 21.4. The molecule has 0 saturated heterocycles. The lowest BCUT2D eigenvalue weighted by Crippen LogP contribution is -2.51. The lowest BCUT2D eigenvalue weighted by atomic mass is 9.56. The van der Waals surface area contributed by atoms with Gasteiger partial charge in [-0.2, -0.15) is 5.10 Å². The Labute approximate surface area is 217 Å². The van der Waals surface area contributed by atoms with E-state index in [1.54, 1.807) is 12.1 Å². The maximum atomic E-state index is 13.6. The molecular weight excluding hydrogens is 465 g/mol. The molecule has 2 aromatic carbocycles. The van der Waals surface area contributed by atoms with Gasteiger partial charge < -0.3 is 9.84 Å². The SMILES string of the molecule is CCOC[C@@]1(O)CC[C@@]2(Cc3ccccn3)c3cc4cnn(-c5ccc(F)cc5)c4cc3CCC[C@H]2C1. The van der Waals surface area contributed by atoms with Gasteiger partial charge in [0.1, 0.15) is 5.82 Å². The van der Waals surface area contributed by atoms with E-state index in [1.807, 2.05) is 30.1 Å². The molecule has 0 amide bonds. The normalized spacial score (nSPS) is 25.4. The fourth-order valence-electron chi connectivity index (χ4n) is 6.84. The van der Waals surface area contributed by atoms with E-state index in [0.717, 1.165) is 60.8 Å². The molecule has 6 rings (SSSR count). The summed E-state index contributed by atoms with van der Waals surface area (Å²) in [5, 5.41) is 17.3. The summed E-state index contributed by atoms with van der Waals surface area (Å²) in [6.07, 6.45) is 10.1. The van der Waals surface area contributed by atoms with Crippen molar-refractivity contribution in [1.82, 2.24) is 14.8 Å². The van der Waals surface area contributed by atoms with Crippen molar-refractivity contribution in [3.05, 3.63) is 89.6 Å². The molecule has 2 aliphatic rings. The van der Waals surface area contributed by atoms with Gasteiger partial charge in [-0.25, -0.2) is 9.07 Å². The van der Waals surface area contributed by atoms with Crippen molar-refractivity contribution in [2.75, 3.05) is 13.2 Å². The van der Waals surface area contributed by atoms with Gasteiger partial charge in [0.15, 0.2) is 0 Å². The van der Waals surface area contributed by atoms with Gasteiger partial charge in [0.2, 0.25) is 0 Å². The van der Waals surface area contributed by atoms with Crippen LogP contribution in [0, 0.1) is 11.7 Å². The smallest absolute Gasteiger partial charge is 0.123 e. The average molecular weight is 500 g/mol. The largest absolute Gasteiger partial charge is 0.387 e. The van der Waals surface area contributed by atoms with E-state index < -0.39 is 5.60 Å². The van der Waals surface area contributed by atoms with Crippen molar-refractivity contribution < 1.29 is 14.2 Å². The Balaban J connectivity index is 1.47. The minimum atomic E-state index is -0.781. The van der Waals surface area contributed by atoms with E-state index in [-0.39, 0.29) is 11.2 Å². The molecule has 0 radical (unpaired) electrons. The fraction of sp³-hybridized carbons (Fsp3) is 0.419. The second-order valence-electron chi connectivity index (χ2n) is 10.9. The number of nitrogens with zero attached hydrogens (tertiary/aromatic N) is 3. The summed E-state index contributed by atoms with van der Waals surface area (Å²) in [7, 11) is 0. The molecule has 3 atom stereocenters. The highest BCUT2D eigenvalue weighted by molar-refractivity contribution is 5.82. The number of aliphatic hydroxyl groups is 1. The Bertz CT molecular complexity index is 1390. The molecule has 2 heterocycles. The molecule has 1 saturated carbocycles. The van der Waals surface area contributed by atoms with Gasteiger partial charge in [-0.05, 0) is 117 Å². The van der Waals surface area contributed by atoms with Crippen molar-refractivity contribution in [3.63, 3.8) is 0 Å². The zero-order valence-corrected chi connectivity index (χ0v) is 21.4. The molecule has 4 aromatic rings. The second-order valence-corrected chi connectivity index (χ2v) is 10.9. The highest BCUT2D eigenvalue weighted by Gasteiger charge is 2.51. The summed E-state index contributed by atoms with van der Waals surface area (Å²) in [6, 6.07) is 17.3. The Morgan fingerprint density at radius 1 is 1.14 bits per heavy atom. The number of benzene rings is 2. The number of aromatic nitrogens is 3. The number of fused-ring (bicyclic) bond motifs is 4. The average Bonchev–Trinajstić information content (AvgIpc) is 3.26. The molecule has 0 unspecified atom stereocenters. The highest BCUT2D eigenvalue weighted by atomic mass is 19.1. The number of ether oxygens (including phenoxy) is 1. The predicted octanol–water partition coefficient (Wildman–Crippen LogP) is 5.94. The molecular formula is C31H34FN3O2. The molecule has 2 aliphatic carbocycles. The van der Waals surface area contributed by atoms with Crippen LogP contribution < -0.4 is 0 Å². The Kier molecular flexibility index (Phi) is 6.33. The van der Waals surface area contributed by atoms with Crippen LogP contribution in [0.25, 0.3) is 16.6 Å². The van der Waals surface area contributed by atoms with Gasteiger partial charge in [0.25, 0.3) is 0 Å². The monoisotopic (exact) mass is 499 g/mol. The van der Waals surface area contributed by atoms with E-state index in [4.69, 9.17) is 9.72 Å². The van der Waals surface area contributed by atoms with E-state index in [1.165, 1.54) is 23.3 Å². The van der Waals surface area contributed by atoms with Gasteiger partial charge in [-0.3, -0.25) is 4.98 Å². The van der Waals surface area contributed by atoms with Crippen LogP contribution in [0.2, 0.25) is 0 Å². The first kappa shape index (κ1) is 24.3. The topological polar surface area (TPSA) is 60.2 Å². The van der Waals surface area contributed by atoms with Crippen LogP contribution in [-0.4, -0.2) is 38.7 Å². The zero-order chi connectivity index (χ0) is 25.5. The molecule has 1 fully saturated rings. The number of rotatable bonds is 6. The van der Waals surface area contributed by atoms with E-state index in [9.17, 15) is 9.50 Å². The molecule has 5 nitrogen and oxygen atoms in total. The number of aryl methyl sites for hydroxylation is 1. The molecule has 1 N–H and O–H groups in total. The Morgan fingerprint density at radius 2 is 2.00 bits per heavy atom. The molecule has 0 spiro atoms.